The summed E-state index contributed by atoms with van der Waals surface area (Å²) >= 11 is 7.40. The van der Waals surface area contributed by atoms with E-state index >= 15 is 0 Å². The zero-order valence-corrected chi connectivity index (χ0v) is 42.1. The normalized spacial score (nSPS) is 17.8. The van der Waals surface area contributed by atoms with E-state index in [4.69, 9.17) is 37.7 Å². The molecule has 17 heteroatoms. The van der Waals surface area contributed by atoms with Gasteiger partial charge in [0.25, 0.3) is 5.91 Å². The third kappa shape index (κ3) is 12.3. The third-order valence-electron chi connectivity index (χ3n) is 12.1. The lowest BCUT2D eigenvalue weighted by Gasteiger charge is -2.35. The maximum absolute atomic E-state index is 14.1. The Bertz CT molecular complexity index is 2480. The first-order valence-corrected chi connectivity index (χ1v) is 24.1. The highest BCUT2D eigenvalue weighted by Crippen LogP contribution is 2.38. The summed E-state index contributed by atoms with van der Waals surface area (Å²) in [5.74, 6) is -0.369. The van der Waals surface area contributed by atoms with Gasteiger partial charge < -0.3 is 39.4 Å². The summed E-state index contributed by atoms with van der Waals surface area (Å²) < 4.78 is 22.7. The molecule has 362 valence electrons. The van der Waals surface area contributed by atoms with Crippen LogP contribution < -0.4 is 25.2 Å². The van der Waals surface area contributed by atoms with Gasteiger partial charge in [-0.15, -0.1) is 11.3 Å². The van der Waals surface area contributed by atoms with E-state index < -0.39 is 28.9 Å². The summed E-state index contributed by atoms with van der Waals surface area (Å²) in [6.07, 6.45) is 0.527. The molecule has 2 saturated heterocycles. The molecule has 4 aromatic rings. The molecule has 15 nitrogen and oxygen atoms in total. The molecule has 3 aromatic carbocycles. The molecule has 0 saturated carbocycles. The van der Waals surface area contributed by atoms with Gasteiger partial charge in [0.2, 0.25) is 17.7 Å². The number of aryl methyl sites for hydroxylation is 2. The van der Waals surface area contributed by atoms with E-state index in [1.807, 2.05) is 121 Å². The van der Waals surface area contributed by atoms with Gasteiger partial charge in [0.1, 0.15) is 36.6 Å². The Morgan fingerprint density at radius 3 is 2.16 bits per heavy atom. The molecule has 4 atom stereocenters. The predicted molar refractivity (Wildman–Crippen MR) is 268 cm³/mol. The number of nitrogens with one attached hydrogen (secondary N) is 2. The van der Waals surface area contributed by atoms with Crippen molar-refractivity contribution in [3.05, 3.63) is 100 Å². The molecule has 68 heavy (non-hydrogen) atoms. The van der Waals surface area contributed by atoms with Crippen LogP contribution in [0.5, 0.6) is 5.75 Å². The molecule has 2 aliphatic rings. The van der Waals surface area contributed by atoms with Gasteiger partial charge in [-0.1, -0.05) is 58.0 Å². The number of hydrogen-bond donors (Lipinski definition) is 2. The van der Waals surface area contributed by atoms with Crippen molar-refractivity contribution in [2.45, 2.75) is 92.4 Å². The summed E-state index contributed by atoms with van der Waals surface area (Å²) in [6.45, 7) is 26.3. The van der Waals surface area contributed by atoms with Crippen LogP contribution in [0.4, 0.5) is 17.1 Å². The van der Waals surface area contributed by atoms with Gasteiger partial charge in [-0.25, -0.2) is 9.83 Å². The zero-order valence-electron chi connectivity index (χ0n) is 40.4. The summed E-state index contributed by atoms with van der Waals surface area (Å²) in [4.78, 5) is 68.4. The molecule has 0 radical (unpaired) electrons. The summed E-state index contributed by atoms with van der Waals surface area (Å²) in [5.41, 5.74) is 5.94. The van der Waals surface area contributed by atoms with E-state index in [9.17, 15) is 19.2 Å². The van der Waals surface area contributed by atoms with Crippen LogP contribution in [0.15, 0.2) is 72.2 Å². The molecular weight excluding hydrogens is 903 g/mol. The fraction of sp³-hybridized carbons (Fsp3) is 0.471. The van der Waals surface area contributed by atoms with Crippen molar-refractivity contribution >= 4 is 69.4 Å². The van der Waals surface area contributed by atoms with Crippen LogP contribution in [0.3, 0.4) is 0 Å². The van der Waals surface area contributed by atoms with E-state index in [1.165, 1.54) is 4.90 Å². The van der Waals surface area contributed by atoms with E-state index in [2.05, 4.69) is 20.5 Å². The molecule has 1 aromatic heterocycles. The molecule has 0 bridgehead atoms. The maximum atomic E-state index is 14.1. The van der Waals surface area contributed by atoms with Crippen LogP contribution >= 0.6 is 23.6 Å². The third-order valence-corrected chi connectivity index (χ3v) is 13.4. The zero-order chi connectivity index (χ0) is 49.3. The van der Waals surface area contributed by atoms with Gasteiger partial charge in [-0.05, 0) is 118 Å². The van der Waals surface area contributed by atoms with Crippen LogP contribution in [0.2, 0.25) is 0 Å². The Labute approximate surface area is 409 Å². The molecule has 3 heterocycles. The highest BCUT2D eigenvalue weighted by molar-refractivity contribution is 7.81. The second kappa shape index (κ2) is 22.6. The number of carbonyl (C=O) groups excluding carboxylic acids is 4. The van der Waals surface area contributed by atoms with E-state index in [1.54, 1.807) is 34.4 Å². The van der Waals surface area contributed by atoms with Crippen molar-refractivity contribution in [3.8, 4) is 16.2 Å². The van der Waals surface area contributed by atoms with Crippen molar-refractivity contribution < 1.29 is 38.1 Å². The first kappa shape index (κ1) is 51.6. The Morgan fingerprint density at radius 2 is 1.56 bits per heavy atom. The molecule has 0 unspecified atom stereocenters. The van der Waals surface area contributed by atoms with Gasteiger partial charge in [-0.3, -0.25) is 24.1 Å². The number of aromatic nitrogens is 1. The Hall–Kier alpha value is -5.77. The van der Waals surface area contributed by atoms with Crippen LogP contribution in [0.25, 0.3) is 15.3 Å². The minimum Gasteiger partial charge on any atom is -0.491 e. The van der Waals surface area contributed by atoms with Crippen molar-refractivity contribution in [3.63, 3.8) is 0 Å². The number of rotatable bonds is 20. The number of thiocarbonyl (C=S) groups is 1. The highest BCUT2D eigenvalue weighted by atomic mass is 32.1. The molecule has 6 rings (SSSR count). The minimum atomic E-state index is -0.933. The van der Waals surface area contributed by atoms with Crippen molar-refractivity contribution in [2.24, 2.45) is 11.3 Å². The van der Waals surface area contributed by atoms with E-state index in [0.717, 1.165) is 32.9 Å². The van der Waals surface area contributed by atoms with Gasteiger partial charge in [0.15, 0.2) is 10.8 Å². The molecule has 2 N–H and O–H groups in total. The number of benzene rings is 3. The summed E-state index contributed by atoms with van der Waals surface area (Å²) in [7, 11) is 0. The van der Waals surface area contributed by atoms with Crippen LogP contribution in [-0.4, -0.2) is 109 Å². The molecule has 0 aliphatic carbocycles. The molecule has 2 fully saturated rings. The second-order valence-electron chi connectivity index (χ2n) is 18.9. The monoisotopic (exact) mass is 965 g/mol. The minimum absolute atomic E-state index is 0.111. The van der Waals surface area contributed by atoms with Crippen molar-refractivity contribution in [1.82, 2.24) is 20.5 Å². The van der Waals surface area contributed by atoms with Gasteiger partial charge >= 0.3 is 0 Å². The Balaban J connectivity index is 0.866. The standard InChI is InChI=1S/C51H63N7O8S2/c1-32-27-42(46(60)54-34(3)36-11-13-37(14-12-36)44-35(4)53-31-68-44)56(29-32)47(61)45(50(5,6)7)55-43(59)30-65-24-23-63-21-22-64-25-26-66-40-18-15-38(16-19-40)58-49(67)57(48(62)51(58,8)9)39-17-20-41(52-10)33(2)28-39/h11-20,28,31-32,34,42,45H,21-27,29-30H2,1-9H3,(H,54,60)(H,55,59)/t32-,34+,42+,45-/m1/s1. The van der Waals surface area contributed by atoms with Crippen molar-refractivity contribution in [2.75, 3.05) is 62.6 Å². The summed E-state index contributed by atoms with van der Waals surface area (Å²) in [5, 5.41) is 6.36. The smallest absolute Gasteiger partial charge is 0.259 e. The molecule has 0 spiro atoms. The average Bonchev–Trinajstić information content (AvgIpc) is 3.96. The predicted octanol–water partition coefficient (Wildman–Crippen LogP) is 7.97. The topological polar surface area (TPSA) is 156 Å². The molecule has 4 amide bonds. The average molecular weight is 966 g/mol. The second-order valence-corrected chi connectivity index (χ2v) is 20.1. The van der Waals surface area contributed by atoms with Crippen LogP contribution in [0, 0.1) is 31.8 Å². The SMILES string of the molecule is [C-]#[N+]c1ccc(N2C(=O)C(C)(C)N(c3ccc(OCCOCCOCCOCC(=O)N[C@H](C(=O)N4C[C@H](C)C[C@H]4C(=O)N[C@@H](C)c4ccc(-c5scnc5C)cc4)C(C)(C)C)cc3)C2=S)cc1C. The first-order chi connectivity index (χ1) is 32.3. The first-order valence-electron chi connectivity index (χ1n) is 22.8. The van der Waals surface area contributed by atoms with E-state index in [-0.39, 0.29) is 49.5 Å². The fourth-order valence-corrected chi connectivity index (χ4v) is 9.66. The Morgan fingerprint density at radius 1 is 0.926 bits per heavy atom. The van der Waals surface area contributed by atoms with Gasteiger partial charge in [-0.2, -0.15) is 0 Å². The van der Waals surface area contributed by atoms with Gasteiger partial charge in [0, 0.05) is 17.9 Å². The van der Waals surface area contributed by atoms with Crippen LogP contribution in [-0.2, 0) is 33.4 Å². The number of nitrogens with zero attached hydrogens (tertiary/aromatic N) is 5. The largest absolute Gasteiger partial charge is 0.491 e. The molecular formula is C51H63N7O8S2. The lowest BCUT2D eigenvalue weighted by Crippen LogP contribution is -2.58. The maximum Gasteiger partial charge on any atom is 0.259 e. The lowest BCUT2D eigenvalue weighted by atomic mass is 9.85. The number of likely N-dealkylation sites (tertiary alicyclic amines) is 1. The quantitative estimate of drug-likeness (QED) is 0.0504. The Kier molecular flexibility index (Phi) is 17.1. The fourth-order valence-electron chi connectivity index (χ4n) is 8.33. The number of amides is 4. The van der Waals surface area contributed by atoms with Crippen molar-refractivity contribution in [1.29, 1.82) is 0 Å². The van der Waals surface area contributed by atoms with E-state index in [0.29, 0.717) is 61.6 Å². The van der Waals surface area contributed by atoms with Crippen LogP contribution in [0.1, 0.15) is 77.7 Å². The number of hydrogen-bond acceptors (Lipinski definition) is 11. The number of carbonyl (C=O) groups is 4. The molecule has 2 aliphatic heterocycles. The number of ether oxygens (including phenoxy) is 4. The number of anilines is 2. The van der Waals surface area contributed by atoms with Gasteiger partial charge in [0.05, 0.1) is 61.7 Å². The summed E-state index contributed by atoms with van der Waals surface area (Å²) in [6, 6.07) is 18.9. The lowest BCUT2D eigenvalue weighted by molar-refractivity contribution is -0.144. The highest BCUT2D eigenvalue weighted by Gasteiger charge is 2.50. The number of thiazole rings is 1.